The number of fused-ring (bicyclic) bond motifs is 2. The van der Waals surface area contributed by atoms with Crippen LogP contribution in [0.25, 0.3) is 10.8 Å². The van der Waals surface area contributed by atoms with Gasteiger partial charge in [-0.25, -0.2) is 8.42 Å². The molecule has 0 aliphatic carbocycles. The second-order valence-corrected chi connectivity index (χ2v) is 12.1. The number of carbonyl (C=O) groups excluding carboxylic acids is 1. The van der Waals surface area contributed by atoms with Crippen LogP contribution in [0.2, 0.25) is 5.02 Å². The van der Waals surface area contributed by atoms with E-state index in [1.165, 1.54) is 19.6 Å². The maximum absolute atomic E-state index is 13.2. The highest BCUT2D eigenvalue weighted by Crippen LogP contribution is 2.27. The van der Waals surface area contributed by atoms with Crippen molar-refractivity contribution in [2.24, 2.45) is 0 Å². The molecule has 2 aromatic carbocycles. The zero-order chi connectivity index (χ0) is 23.0. The Morgan fingerprint density at radius 1 is 1.03 bits per heavy atom. The molecular formula is C24H26ClN3O3S2. The first kappa shape index (κ1) is 22.8. The molecule has 1 fully saturated rings. The van der Waals surface area contributed by atoms with Crippen LogP contribution in [0.1, 0.15) is 21.7 Å². The second kappa shape index (κ2) is 9.35. The summed E-state index contributed by atoms with van der Waals surface area (Å²) < 4.78 is 27.8. The molecule has 3 heterocycles. The molecule has 1 aromatic heterocycles. The van der Waals surface area contributed by atoms with E-state index in [1.54, 1.807) is 29.2 Å². The van der Waals surface area contributed by atoms with Crippen LogP contribution in [0, 0.1) is 0 Å². The Balaban J connectivity index is 1.19. The average Bonchev–Trinajstić information content (AvgIpc) is 3.25. The zero-order valence-electron chi connectivity index (χ0n) is 18.2. The Kier molecular flexibility index (Phi) is 6.46. The van der Waals surface area contributed by atoms with E-state index in [0.29, 0.717) is 37.6 Å². The summed E-state index contributed by atoms with van der Waals surface area (Å²) in [5, 5.41) is 5.74. The predicted octanol–water partition coefficient (Wildman–Crippen LogP) is 3.67. The van der Waals surface area contributed by atoms with Crippen LogP contribution in [0.4, 0.5) is 0 Å². The van der Waals surface area contributed by atoms with Crippen molar-refractivity contribution < 1.29 is 13.2 Å². The minimum absolute atomic E-state index is 0.0964. The van der Waals surface area contributed by atoms with E-state index in [9.17, 15) is 13.2 Å². The van der Waals surface area contributed by atoms with Crippen molar-refractivity contribution in [2.75, 3.05) is 32.7 Å². The lowest BCUT2D eigenvalue weighted by atomic mass is 10.1. The third-order valence-corrected chi connectivity index (χ3v) is 9.81. The van der Waals surface area contributed by atoms with Crippen molar-refractivity contribution in [3.05, 3.63) is 62.8 Å². The fraction of sp³-hybridized carbons (Fsp3) is 0.375. The molecule has 5 rings (SSSR count). The normalized spacial score (nSPS) is 17.3. The van der Waals surface area contributed by atoms with Crippen LogP contribution in [0.15, 0.2) is 47.4 Å². The molecule has 3 aromatic rings. The lowest BCUT2D eigenvalue weighted by molar-refractivity contribution is -0.132. The number of nitrogens with zero attached hydrogens (tertiary/aromatic N) is 2. The van der Waals surface area contributed by atoms with E-state index >= 15 is 0 Å². The van der Waals surface area contributed by atoms with Gasteiger partial charge in [-0.15, -0.1) is 11.3 Å². The molecule has 0 saturated carbocycles. The molecule has 0 spiro atoms. The van der Waals surface area contributed by atoms with Crippen molar-refractivity contribution in [1.29, 1.82) is 0 Å². The minimum atomic E-state index is -3.61. The lowest BCUT2D eigenvalue weighted by Gasteiger charge is -2.34. The summed E-state index contributed by atoms with van der Waals surface area (Å²) >= 11 is 7.85. The third-order valence-electron chi connectivity index (χ3n) is 6.38. The average molecular weight is 504 g/mol. The quantitative estimate of drug-likeness (QED) is 0.577. The largest absolute Gasteiger partial charge is 0.340 e. The Morgan fingerprint density at radius 2 is 1.79 bits per heavy atom. The molecule has 174 valence electrons. The van der Waals surface area contributed by atoms with Gasteiger partial charge >= 0.3 is 0 Å². The molecular weight excluding hydrogens is 478 g/mol. The number of thiophene rings is 1. The number of rotatable bonds is 5. The van der Waals surface area contributed by atoms with Gasteiger partial charge in [0.05, 0.1) is 4.90 Å². The predicted molar refractivity (Wildman–Crippen MR) is 132 cm³/mol. The van der Waals surface area contributed by atoms with Gasteiger partial charge in [0, 0.05) is 60.5 Å². The van der Waals surface area contributed by atoms with Crippen LogP contribution >= 0.6 is 22.9 Å². The fourth-order valence-electron chi connectivity index (χ4n) is 4.51. The van der Waals surface area contributed by atoms with Gasteiger partial charge in [0.15, 0.2) is 0 Å². The number of sulfonamides is 1. The Hall–Kier alpha value is -1.97. The number of nitrogens with one attached hydrogen (secondary N) is 1. The number of carbonyl (C=O) groups is 1. The summed E-state index contributed by atoms with van der Waals surface area (Å²) in [6, 6.07) is 12.7. The first-order valence-electron chi connectivity index (χ1n) is 11.2. The van der Waals surface area contributed by atoms with E-state index in [-0.39, 0.29) is 10.8 Å². The standard InChI is InChI=1S/C24H26ClN3O3S2/c25-20-3-1-18-15-22(5-2-17(18)13-20)33(30,31)28-11-9-27(10-12-28)24(29)6-4-21-14-19-16-26-8-7-23(19)32-21/h1-3,5,13-15,26H,4,6-12,16H2. The molecule has 1 amide bonds. The second-order valence-electron chi connectivity index (χ2n) is 8.53. The molecule has 0 radical (unpaired) electrons. The topological polar surface area (TPSA) is 69.7 Å². The Morgan fingerprint density at radius 3 is 2.58 bits per heavy atom. The maximum atomic E-state index is 13.2. The van der Waals surface area contributed by atoms with E-state index in [4.69, 9.17) is 11.6 Å². The number of hydrogen-bond acceptors (Lipinski definition) is 5. The van der Waals surface area contributed by atoms with Gasteiger partial charge in [0.2, 0.25) is 15.9 Å². The van der Waals surface area contributed by atoms with Gasteiger partial charge in [-0.1, -0.05) is 23.7 Å². The number of aryl methyl sites for hydroxylation is 1. The van der Waals surface area contributed by atoms with Gasteiger partial charge in [-0.3, -0.25) is 4.79 Å². The number of halogens is 1. The highest BCUT2D eigenvalue weighted by atomic mass is 35.5. The zero-order valence-corrected chi connectivity index (χ0v) is 20.6. The van der Waals surface area contributed by atoms with E-state index in [1.807, 2.05) is 23.5 Å². The van der Waals surface area contributed by atoms with Crippen LogP contribution in [0.3, 0.4) is 0 Å². The summed E-state index contributed by atoms with van der Waals surface area (Å²) in [4.78, 5) is 17.5. The van der Waals surface area contributed by atoms with Crippen molar-refractivity contribution in [3.8, 4) is 0 Å². The Labute approximate surface area is 203 Å². The SMILES string of the molecule is O=C(CCc1cc2c(s1)CCNC2)N1CCN(S(=O)(=O)c2ccc3cc(Cl)ccc3c2)CC1. The summed E-state index contributed by atoms with van der Waals surface area (Å²) in [5.74, 6) is 0.0964. The highest BCUT2D eigenvalue weighted by Gasteiger charge is 2.30. The summed E-state index contributed by atoms with van der Waals surface area (Å²) in [6.07, 6.45) is 2.28. The number of amides is 1. The van der Waals surface area contributed by atoms with Crippen LogP contribution in [0.5, 0.6) is 0 Å². The van der Waals surface area contributed by atoms with Crippen LogP contribution in [-0.4, -0.2) is 56.3 Å². The van der Waals surface area contributed by atoms with Gasteiger partial charge in [-0.05, 0) is 59.5 Å². The van der Waals surface area contributed by atoms with Gasteiger partial charge < -0.3 is 10.2 Å². The monoisotopic (exact) mass is 503 g/mol. The number of hydrogen-bond donors (Lipinski definition) is 1. The summed E-state index contributed by atoms with van der Waals surface area (Å²) in [5.41, 5.74) is 1.37. The maximum Gasteiger partial charge on any atom is 0.243 e. The van der Waals surface area contributed by atoms with Gasteiger partial charge in [0.25, 0.3) is 0 Å². The third kappa shape index (κ3) is 4.81. The smallest absolute Gasteiger partial charge is 0.243 e. The molecule has 6 nitrogen and oxygen atoms in total. The van der Waals surface area contributed by atoms with Crippen molar-refractivity contribution >= 4 is 49.6 Å². The minimum Gasteiger partial charge on any atom is -0.340 e. The summed E-state index contributed by atoms with van der Waals surface area (Å²) in [6.45, 7) is 3.41. The number of piperazine rings is 1. The molecule has 33 heavy (non-hydrogen) atoms. The molecule has 2 aliphatic rings. The van der Waals surface area contributed by atoms with E-state index in [0.717, 1.165) is 36.7 Å². The van der Waals surface area contributed by atoms with Gasteiger partial charge in [0.1, 0.15) is 0 Å². The van der Waals surface area contributed by atoms with Crippen molar-refractivity contribution in [3.63, 3.8) is 0 Å². The molecule has 2 aliphatic heterocycles. The first-order chi connectivity index (χ1) is 15.9. The number of benzene rings is 2. The molecule has 0 unspecified atom stereocenters. The molecule has 0 atom stereocenters. The lowest BCUT2D eigenvalue weighted by Crippen LogP contribution is -2.50. The van der Waals surface area contributed by atoms with Gasteiger partial charge in [-0.2, -0.15) is 4.31 Å². The van der Waals surface area contributed by atoms with Crippen molar-refractivity contribution in [1.82, 2.24) is 14.5 Å². The first-order valence-corrected chi connectivity index (χ1v) is 13.8. The summed E-state index contributed by atoms with van der Waals surface area (Å²) in [7, 11) is -3.61. The molecule has 1 N–H and O–H groups in total. The van der Waals surface area contributed by atoms with E-state index in [2.05, 4.69) is 11.4 Å². The Bertz CT molecular complexity index is 1270. The highest BCUT2D eigenvalue weighted by molar-refractivity contribution is 7.89. The van der Waals surface area contributed by atoms with E-state index < -0.39 is 10.0 Å². The molecule has 0 bridgehead atoms. The fourth-order valence-corrected chi connectivity index (χ4v) is 7.33. The van der Waals surface area contributed by atoms with Crippen LogP contribution < -0.4 is 5.32 Å². The van der Waals surface area contributed by atoms with Crippen molar-refractivity contribution in [2.45, 2.75) is 30.7 Å². The molecule has 1 saturated heterocycles. The molecule has 9 heteroatoms. The van der Waals surface area contributed by atoms with Crippen LogP contribution in [-0.2, 0) is 34.2 Å².